The molecule has 4 N–H and O–H groups in total. The van der Waals surface area contributed by atoms with Crippen LogP contribution in [0.1, 0.15) is 20.8 Å². The maximum Gasteiger partial charge on any atom is 0.330 e. The van der Waals surface area contributed by atoms with Crippen LogP contribution in [-0.2, 0) is 19.8 Å². The van der Waals surface area contributed by atoms with Crippen molar-refractivity contribution in [2.24, 2.45) is 11.5 Å². The lowest BCUT2D eigenvalue weighted by Crippen LogP contribution is -2.46. The number of hydrogen-bond donors (Lipinski definition) is 2. The maximum atomic E-state index is 11.2. The monoisotopic (exact) mass is 222 g/mol. The maximum absolute atomic E-state index is 11.2. The van der Waals surface area contributed by atoms with E-state index in [0.29, 0.717) is 0 Å². The molecule has 0 aliphatic rings. The summed E-state index contributed by atoms with van der Waals surface area (Å²) in [6, 6.07) is -1.44. The van der Waals surface area contributed by atoms with E-state index < -0.39 is 32.9 Å². The van der Waals surface area contributed by atoms with Crippen molar-refractivity contribution in [3.63, 3.8) is 0 Å². The molecule has 0 saturated carbocycles. The molecule has 7 heteroatoms. The Hall–Kier alpha value is -0.920. The molecule has 0 aromatic heterocycles. The van der Waals surface area contributed by atoms with Gasteiger partial charge in [-0.2, -0.15) is 8.42 Å². The fourth-order valence-electron chi connectivity index (χ4n) is 0.585. The smallest absolute Gasteiger partial charge is 0.330 e. The molecule has 0 spiro atoms. The van der Waals surface area contributed by atoms with Crippen molar-refractivity contribution in [3.05, 3.63) is 0 Å². The van der Waals surface area contributed by atoms with E-state index in [1.54, 1.807) is 20.8 Å². The van der Waals surface area contributed by atoms with E-state index >= 15 is 0 Å². The highest BCUT2D eigenvalue weighted by Gasteiger charge is 2.25. The summed E-state index contributed by atoms with van der Waals surface area (Å²) in [5.74, 6) is -0.862. The molecule has 0 aliphatic carbocycles. The van der Waals surface area contributed by atoms with Crippen LogP contribution in [0.25, 0.3) is 0 Å². The molecule has 0 aromatic rings. The minimum absolute atomic E-state index is 0.626. The van der Waals surface area contributed by atoms with Crippen molar-refractivity contribution in [2.75, 3.05) is 0 Å². The van der Waals surface area contributed by atoms with Gasteiger partial charge in [0.15, 0.2) is 6.04 Å². The Labute approximate surface area is 83.7 Å². The second-order valence-electron chi connectivity index (χ2n) is 3.65. The Morgan fingerprint density at radius 3 is 2.07 bits per heavy atom. The van der Waals surface area contributed by atoms with Crippen LogP contribution in [0.5, 0.6) is 0 Å². The largest absolute Gasteiger partial charge is 0.458 e. The second kappa shape index (κ2) is 4.54. The highest BCUT2D eigenvalue weighted by molar-refractivity contribution is 7.73. The van der Waals surface area contributed by atoms with Crippen LogP contribution in [0.2, 0.25) is 0 Å². The highest BCUT2D eigenvalue weighted by Crippen LogP contribution is 2.07. The zero-order valence-corrected chi connectivity index (χ0v) is 9.09. The first-order chi connectivity index (χ1) is 6.15. The van der Waals surface area contributed by atoms with Crippen molar-refractivity contribution < 1.29 is 17.9 Å². The summed E-state index contributed by atoms with van der Waals surface area (Å²) in [5, 5.41) is 0. The molecule has 0 saturated heterocycles. The minimum Gasteiger partial charge on any atom is -0.458 e. The van der Waals surface area contributed by atoms with Gasteiger partial charge < -0.3 is 10.5 Å². The number of ether oxygens (including phenoxy) is 1. The number of hydrogen-bond acceptors (Lipinski definition) is 5. The molecular weight excluding hydrogens is 208 g/mol. The molecule has 0 amide bonds. The fraction of sp³-hybridized carbons (Fsp3) is 0.714. The Balaban J connectivity index is 4.67. The minimum atomic E-state index is -2.67. The first kappa shape index (κ1) is 13.1. The first-order valence-electron chi connectivity index (χ1n) is 3.85. The normalized spacial score (nSPS) is 13.2. The van der Waals surface area contributed by atoms with E-state index in [4.69, 9.17) is 16.2 Å². The van der Waals surface area contributed by atoms with Gasteiger partial charge in [-0.05, 0) is 20.8 Å². The van der Waals surface area contributed by atoms with Gasteiger partial charge in [0.2, 0.25) is 10.3 Å². The molecule has 1 unspecified atom stereocenters. The average molecular weight is 222 g/mol. The van der Waals surface area contributed by atoms with Crippen LogP contribution < -0.4 is 11.5 Å². The van der Waals surface area contributed by atoms with Crippen LogP contribution in [0.15, 0.2) is 0 Å². The van der Waals surface area contributed by atoms with E-state index in [2.05, 4.69) is 0 Å². The molecule has 0 fully saturated rings. The SMILES string of the molecule is CC(C)(C)OC(=O)C(N)C(N)=S(=O)=O. The van der Waals surface area contributed by atoms with Gasteiger partial charge in [-0.15, -0.1) is 0 Å². The topological polar surface area (TPSA) is 112 Å². The van der Waals surface area contributed by atoms with Gasteiger partial charge in [0, 0.05) is 0 Å². The first-order valence-corrected chi connectivity index (χ1v) is 4.92. The number of rotatable bonds is 2. The van der Waals surface area contributed by atoms with Gasteiger partial charge in [-0.1, -0.05) is 0 Å². The molecule has 14 heavy (non-hydrogen) atoms. The average Bonchev–Trinajstić information content (AvgIpc) is 1.98. The standard InChI is InChI=1S/C7H14N2O4S/c1-7(2,3)13-6(10)4(8)5(9)14(11)12/h4H,8-9H2,1-3H3. The molecule has 0 aliphatic heterocycles. The number of carbonyl (C=O) groups excluding carboxylic acids is 1. The third kappa shape index (κ3) is 4.35. The van der Waals surface area contributed by atoms with Crippen molar-refractivity contribution in [1.29, 1.82) is 0 Å². The van der Waals surface area contributed by atoms with Crippen LogP contribution in [0, 0.1) is 0 Å². The van der Waals surface area contributed by atoms with Crippen molar-refractivity contribution in [2.45, 2.75) is 32.4 Å². The Bertz CT molecular complexity index is 344. The summed E-state index contributed by atoms with van der Waals surface area (Å²) in [6.45, 7) is 4.92. The molecule has 0 heterocycles. The lowest BCUT2D eigenvalue weighted by atomic mass is 10.2. The predicted octanol–water partition coefficient (Wildman–Crippen LogP) is -1.38. The molecule has 0 radical (unpaired) electrons. The quantitative estimate of drug-likeness (QED) is 0.440. The summed E-state index contributed by atoms with van der Waals surface area (Å²) in [4.78, 5) is 10.6. The second-order valence-corrected chi connectivity index (χ2v) is 4.59. The molecule has 82 valence electrons. The Kier molecular flexibility index (Phi) is 4.24. The molecule has 0 bridgehead atoms. The third-order valence-electron chi connectivity index (χ3n) is 1.16. The van der Waals surface area contributed by atoms with Gasteiger partial charge in [0.1, 0.15) is 10.6 Å². The van der Waals surface area contributed by atoms with E-state index in [-0.39, 0.29) is 0 Å². The number of carbonyl (C=O) groups is 1. The van der Waals surface area contributed by atoms with Crippen LogP contribution in [0.4, 0.5) is 0 Å². The van der Waals surface area contributed by atoms with Crippen molar-refractivity contribution in [3.8, 4) is 0 Å². The van der Waals surface area contributed by atoms with Crippen LogP contribution >= 0.6 is 0 Å². The van der Waals surface area contributed by atoms with Gasteiger partial charge in [-0.3, -0.25) is 5.73 Å². The van der Waals surface area contributed by atoms with Crippen LogP contribution in [0.3, 0.4) is 0 Å². The van der Waals surface area contributed by atoms with Gasteiger partial charge in [0.05, 0.1) is 0 Å². The molecule has 1 atom stereocenters. The Morgan fingerprint density at radius 2 is 1.79 bits per heavy atom. The molecule has 6 nitrogen and oxygen atoms in total. The summed E-state index contributed by atoms with van der Waals surface area (Å²) >= 11 is 0. The third-order valence-corrected chi connectivity index (χ3v) is 1.80. The molecule has 0 aromatic carbocycles. The summed E-state index contributed by atoms with van der Waals surface area (Å²) < 4.78 is 25.6. The van der Waals surface area contributed by atoms with Gasteiger partial charge >= 0.3 is 5.97 Å². The zero-order chi connectivity index (χ0) is 11.5. The van der Waals surface area contributed by atoms with Crippen molar-refractivity contribution in [1.82, 2.24) is 0 Å². The predicted molar refractivity (Wildman–Crippen MR) is 51.9 cm³/mol. The van der Waals surface area contributed by atoms with E-state index in [9.17, 15) is 13.2 Å². The van der Waals surface area contributed by atoms with Gasteiger partial charge in [0.25, 0.3) is 0 Å². The van der Waals surface area contributed by atoms with Crippen molar-refractivity contribution >= 4 is 21.3 Å². The van der Waals surface area contributed by atoms with E-state index in [1.807, 2.05) is 0 Å². The van der Waals surface area contributed by atoms with E-state index in [0.717, 1.165) is 0 Å². The van der Waals surface area contributed by atoms with E-state index in [1.165, 1.54) is 0 Å². The molecule has 0 rings (SSSR count). The lowest BCUT2D eigenvalue weighted by molar-refractivity contribution is -0.154. The van der Waals surface area contributed by atoms with Gasteiger partial charge in [-0.25, -0.2) is 4.79 Å². The summed E-state index contributed by atoms with van der Waals surface area (Å²) in [5.41, 5.74) is 9.57. The highest BCUT2D eigenvalue weighted by atomic mass is 32.2. The molecular formula is C7H14N2O4S. The lowest BCUT2D eigenvalue weighted by Gasteiger charge is -2.21. The summed E-state index contributed by atoms with van der Waals surface area (Å²) in [7, 11) is -2.67. The van der Waals surface area contributed by atoms with Crippen LogP contribution in [-0.4, -0.2) is 31.0 Å². The Morgan fingerprint density at radius 1 is 1.36 bits per heavy atom. The zero-order valence-electron chi connectivity index (χ0n) is 8.27. The summed E-state index contributed by atoms with van der Waals surface area (Å²) in [6.07, 6.45) is 0. The fourth-order valence-corrected chi connectivity index (χ4v) is 0.889. The number of esters is 1. The number of nitrogens with two attached hydrogens (primary N) is 2.